The molecule has 0 N–H and O–H groups in total. The average Bonchev–Trinajstić information content (AvgIpc) is 2.12. The number of carbonyl (C=O) groups is 1. The lowest BCUT2D eigenvalue weighted by Gasteiger charge is -2.20. The van der Waals surface area contributed by atoms with Gasteiger partial charge in [-0.25, -0.2) is 0 Å². The van der Waals surface area contributed by atoms with Crippen molar-refractivity contribution in [1.82, 2.24) is 0 Å². The Morgan fingerprint density at radius 1 is 1.20 bits per heavy atom. The maximum atomic E-state index is 10.3. The van der Waals surface area contributed by atoms with Crippen LogP contribution in [0.4, 0.5) is 0 Å². The Hall–Kier alpha value is -1.11. The van der Waals surface area contributed by atoms with Gasteiger partial charge in [-0.15, -0.1) is 0 Å². The molecule has 0 unspecified atom stereocenters. The highest BCUT2D eigenvalue weighted by molar-refractivity contribution is 5.50. The van der Waals surface area contributed by atoms with Crippen molar-refractivity contribution in [2.45, 2.75) is 46.0 Å². The van der Waals surface area contributed by atoms with Crippen LogP contribution >= 0.6 is 0 Å². The van der Waals surface area contributed by atoms with Gasteiger partial charge in [0.2, 0.25) is 0 Å². The van der Waals surface area contributed by atoms with Gasteiger partial charge in [-0.3, -0.25) is 0 Å². The Labute approximate surface area is 92.5 Å². The van der Waals surface area contributed by atoms with Crippen LogP contribution in [0.5, 0.6) is 0 Å². The van der Waals surface area contributed by atoms with E-state index in [1.54, 1.807) is 0 Å². The molecule has 1 rings (SSSR count). The molecule has 1 heteroatoms. The normalized spacial score (nSPS) is 11.5. The van der Waals surface area contributed by atoms with E-state index in [4.69, 9.17) is 0 Å². The van der Waals surface area contributed by atoms with E-state index < -0.39 is 0 Å². The molecule has 0 aliphatic rings. The second-order valence-corrected chi connectivity index (χ2v) is 5.16. The van der Waals surface area contributed by atoms with Crippen molar-refractivity contribution in [1.29, 1.82) is 0 Å². The molecule has 0 aliphatic heterocycles. The monoisotopic (exact) mass is 204 g/mol. The lowest BCUT2D eigenvalue weighted by molar-refractivity contribution is -0.107. The topological polar surface area (TPSA) is 17.1 Å². The lowest BCUT2D eigenvalue weighted by atomic mass is 9.85. The van der Waals surface area contributed by atoms with E-state index in [2.05, 4.69) is 45.9 Å². The third kappa shape index (κ3) is 3.50. The average molecular weight is 204 g/mol. The summed E-state index contributed by atoms with van der Waals surface area (Å²) in [6, 6.07) is 6.61. The number of carbonyl (C=O) groups excluding carboxylic acids is 1. The third-order valence-corrected chi connectivity index (χ3v) is 2.55. The molecule has 0 amide bonds. The Bertz CT molecular complexity index is 345. The van der Waals surface area contributed by atoms with Crippen LogP contribution in [0.2, 0.25) is 0 Å². The standard InChI is InChI=1S/C14H20O/c1-11-8-12(6-5-7-15)10-13(9-11)14(2,3)4/h7-10H,5-6H2,1-4H3. The predicted octanol–water partition coefficient (Wildman–Crippen LogP) is 3.42. The summed E-state index contributed by atoms with van der Waals surface area (Å²) in [5.41, 5.74) is 4.08. The molecule has 1 aromatic rings. The molecule has 0 fully saturated rings. The fourth-order valence-electron chi connectivity index (χ4n) is 1.67. The number of rotatable bonds is 3. The van der Waals surface area contributed by atoms with Gasteiger partial charge in [0.1, 0.15) is 6.29 Å². The van der Waals surface area contributed by atoms with E-state index in [-0.39, 0.29) is 5.41 Å². The van der Waals surface area contributed by atoms with Crippen molar-refractivity contribution in [2.75, 3.05) is 0 Å². The van der Waals surface area contributed by atoms with Gasteiger partial charge in [-0.1, -0.05) is 44.5 Å². The summed E-state index contributed by atoms with van der Waals surface area (Å²) in [7, 11) is 0. The van der Waals surface area contributed by atoms with Gasteiger partial charge in [-0.05, 0) is 29.9 Å². The van der Waals surface area contributed by atoms with Crippen molar-refractivity contribution in [3.8, 4) is 0 Å². The van der Waals surface area contributed by atoms with Gasteiger partial charge < -0.3 is 4.79 Å². The minimum atomic E-state index is 0.182. The zero-order valence-corrected chi connectivity index (χ0v) is 10.1. The summed E-state index contributed by atoms with van der Waals surface area (Å²) < 4.78 is 0. The summed E-state index contributed by atoms with van der Waals surface area (Å²) in [6.07, 6.45) is 2.46. The highest BCUT2D eigenvalue weighted by atomic mass is 16.1. The number of hydrogen-bond acceptors (Lipinski definition) is 1. The SMILES string of the molecule is Cc1cc(CCC=O)cc(C(C)(C)C)c1. The van der Waals surface area contributed by atoms with Crippen LogP contribution < -0.4 is 0 Å². The molecule has 0 saturated carbocycles. The van der Waals surface area contributed by atoms with Crippen molar-refractivity contribution >= 4 is 6.29 Å². The number of hydrogen-bond donors (Lipinski definition) is 0. The molecule has 1 aromatic carbocycles. The number of aryl methyl sites for hydroxylation is 2. The summed E-state index contributed by atoms with van der Waals surface area (Å²) in [5.74, 6) is 0. The van der Waals surface area contributed by atoms with E-state index in [9.17, 15) is 4.79 Å². The van der Waals surface area contributed by atoms with Crippen LogP contribution in [-0.2, 0) is 16.6 Å². The highest BCUT2D eigenvalue weighted by Gasteiger charge is 2.14. The fourth-order valence-corrected chi connectivity index (χ4v) is 1.67. The van der Waals surface area contributed by atoms with Crippen LogP contribution in [0, 0.1) is 6.92 Å². The largest absolute Gasteiger partial charge is 0.303 e. The molecule has 0 heterocycles. The van der Waals surface area contributed by atoms with E-state index in [1.807, 2.05) is 0 Å². The van der Waals surface area contributed by atoms with Gasteiger partial charge in [-0.2, -0.15) is 0 Å². The second-order valence-electron chi connectivity index (χ2n) is 5.16. The minimum absolute atomic E-state index is 0.182. The summed E-state index contributed by atoms with van der Waals surface area (Å²) in [4.78, 5) is 10.3. The first kappa shape index (κ1) is 12.0. The smallest absolute Gasteiger partial charge is 0.120 e. The first-order chi connectivity index (χ1) is 6.93. The molecule has 0 aromatic heterocycles. The van der Waals surface area contributed by atoms with E-state index in [0.29, 0.717) is 6.42 Å². The second kappa shape index (κ2) is 4.61. The van der Waals surface area contributed by atoms with Crippen LogP contribution in [0.15, 0.2) is 18.2 Å². The summed E-state index contributed by atoms with van der Waals surface area (Å²) in [5, 5.41) is 0. The van der Waals surface area contributed by atoms with Gasteiger partial charge in [0.25, 0.3) is 0 Å². The minimum Gasteiger partial charge on any atom is -0.303 e. The predicted molar refractivity (Wildman–Crippen MR) is 64.3 cm³/mol. The van der Waals surface area contributed by atoms with Gasteiger partial charge in [0, 0.05) is 6.42 Å². The molecule has 0 spiro atoms. The third-order valence-electron chi connectivity index (χ3n) is 2.55. The van der Waals surface area contributed by atoms with E-state index >= 15 is 0 Å². The fraction of sp³-hybridized carbons (Fsp3) is 0.500. The van der Waals surface area contributed by atoms with Crippen molar-refractivity contribution in [3.63, 3.8) is 0 Å². The maximum absolute atomic E-state index is 10.3. The molecule has 82 valence electrons. The number of aldehydes is 1. The van der Waals surface area contributed by atoms with Gasteiger partial charge >= 0.3 is 0 Å². The lowest BCUT2D eigenvalue weighted by Crippen LogP contribution is -2.11. The van der Waals surface area contributed by atoms with E-state index in [0.717, 1.165) is 12.7 Å². The van der Waals surface area contributed by atoms with Crippen LogP contribution in [0.3, 0.4) is 0 Å². The van der Waals surface area contributed by atoms with Crippen LogP contribution in [0.1, 0.15) is 43.9 Å². The van der Waals surface area contributed by atoms with Crippen molar-refractivity contribution in [2.24, 2.45) is 0 Å². The Morgan fingerprint density at radius 3 is 2.40 bits per heavy atom. The molecule has 0 saturated heterocycles. The highest BCUT2D eigenvalue weighted by Crippen LogP contribution is 2.24. The van der Waals surface area contributed by atoms with Crippen LogP contribution in [0.25, 0.3) is 0 Å². The van der Waals surface area contributed by atoms with Gasteiger partial charge in [0.05, 0.1) is 0 Å². The zero-order valence-electron chi connectivity index (χ0n) is 10.1. The quantitative estimate of drug-likeness (QED) is 0.689. The van der Waals surface area contributed by atoms with Crippen molar-refractivity contribution < 1.29 is 4.79 Å². The first-order valence-electron chi connectivity index (χ1n) is 5.48. The molecule has 1 nitrogen and oxygen atoms in total. The number of benzene rings is 1. The Balaban J connectivity index is 3.00. The Morgan fingerprint density at radius 2 is 1.87 bits per heavy atom. The summed E-state index contributed by atoms with van der Waals surface area (Å²) >= 11 is 0. The summed E-state index contributed by atoms with van der Waals surface area (Å²) in [6.45, 7) is 8.75. The van der Waals surface area contributed by atoms with E-state index in [1.165, 1.54) is 16.7 Å². The van der Waals surface area contributed by atoms with Crippen LogP contribution in [-0.4, -0.2) is 6.29 Å². The molecule has 0 bridgehead atoms. The maximum Gasteiger partial charge on any atom is 0.120 e. The molecular weight excluding hydrogens is 184 g/mol. The first-order valence-corrected chi connectivity index (χ1v) is 5.48. The molecule has 0 aliphatic carbocycles. The zero-order chi connectivity index (χ0) is 11.5. The van der Waals surface area contributed by atoms with Gasteiger partial charge in [0.15, 0.2) is 0 Å². The molecule has 0 atom stereocenters. The molecular formula is C14H20O. The molecule has 15 heavy (non-hydrogen) atoms. The van der Waals surface area contributed by atoms with Crippen molar-refractivity contribution in [3.05, 3.63) is 34.9 Å². The molecule has 0 radical (unpaired) electrons. The Kier molecular flexibility index (Phi) is 3.67.